The molecule has 0 radical (unpaired) electrons. The van der Waals surface area contributed by atoms with Gasteiger partial charge in [-0.3, -0.25) is 0 Å². The first-order valence-corrected chi connectivity index (χ1v) is 5.99. The number of ether oxygens (including phenoxy) is 1. The fourth-order valence-electron chi connectivity index (χ4n) is 1.74. The number of aromatic nitrogens is 3. The number of aliphatic hydroxyl groups is 1. The normalized spacial score (nSPS) is 17.7. The summed E-state index contributed by atoms with van der Waals surface area (Å²) >= 11 is 4.86. The lowest BCUT2D eigenvalue weighted by Gasteiger charge is -2.25. The van der Waals surface area contributed by atoms with Crippen LogP contribution in [0.5, 0.6) is 0 Å². The number of nitrogens with two attached hydrogens (primary N) is 2. The third-order valence-corrected chi connectivity index (χ3v) is 3.01. The Kier molecular flexibility index (Phi) is 3.94. The summed E-state index contributed by atoms with van der Waals surface area (Å²) in [6.07, 6.45) is 0. The van der Waals surface area contributed by atoms with E-state index in [1.807, 2.05) is 4.90 Å². The van der Waals surface area contributed by atoms with E-state index in [-0.39, 0.29) is 17.5 Å². The number of nitrogens with zero attached hydrogens (tertiary/aromatic N) is 4. The van der Waals surface area contributed by atoms with Crippen molar-refractivity contribution in [2.24, 2.45) is 5.73 Å². The van der Waals surface area contributed by atoms with Crippen molar-refractivity contribution in [1.82, 2.24) is 14.8 Å². The maximum Gasteiger partial charge on any atom is 0.246 e. The minimum Gasteiger partial charge on any atom is -0.394 e. The van der Waals surface area contributed by atoms with Gasteiger partial charge in [0.05, 0.1) is 19.8 Å². The summed E-state index contributed by atoms with van der Waals surface area (Å²) in [4.78, 5) is 6.25. The molecule has 8 nitrogen and oxygen atoms in total. The molecule has 2 heterocycles. The Hall–Kier alpha value is -1.45. The number of anilines is 2. The third kappa shape index (κ3) is 2.52. The van der Waals surface area contributed by atoms with E-state index in [2.05, 4.69) is 10.1 Å². The number of rotatable bonds is 4. The van der Waals surface area contributed by atoms with Gasteiger partial charge in [-0.15, -0.1) is 5.10 Å². The molecule has 100 valence electrons. The van der Waals surface area contributed by atoms with E-state index in [1.165, 1.54) is 4.68 Å². The van der Waals surface area contributed by atoms with Crippen LogP contribution in [0, 0.1) is 0 Å². The van der Waals surface area contributed by atoms with E-state index in [1.54, 1.807) is 0 Å². The zero-order valence-corrected chi connectivity index (χ0v) is 10.6. The number of nitrogen functional groups attached to an aromatic ring is 1. The first-order chi connectivity index (χ1) is 8.63. The molecule has 1 aromatic rings. The van der Waals surface area contributed by atoms with Crippen molar-refractivity contribution in [2.75, 3.05) is 43.5 Å². The quantitative estimate of drug-likeness (QED) is 0.568. The van der Waals surface area contributed by atoms with Crippen molar-refractivity contribution < 1.29 is 9.84 Å². The second-order valence-corrected chi connectivity index (χ2v) is 4.39. The molecular weight excluding hydrogens is 256 g/mol. The van der Waals surface area contributed by atoms with Gasteiger partial charge in [-0.1, -0.05) is 12.2 Å². The van der Waals surface area contributed by atoms with Gasteiger partial charge < -0.3 is 26.2 Å². The molecule has 1 fully saturated rings. The van der Waals surface area contributed by atoms with Crippen LogP contribution in [0.4, 0.5) is 11.9 Å². The van der Waals surface area contributed by atoms with Crippen molar-refractivity contribution in [3.05, 3.63) is 0 Å². The van der Waals surface area contributed by atoms with Crippen LogP contribution in [0.15, 0.2) is 0 Å². The Morgan fingerprint density at radius 3 is 2.72 bits per heavy atom. The van der Waals surface area contributed by atoms with Gasteiger partial charge in [0.25, 0.3) is 0 Å². The molecule has 9 heteroatoms. The Bertz CT molecular complexity index is 431. The number of thiocarbonyl (C=S) groups is 1. The van der Waals surface area contributed by atoms with E-state index in [9.17, 15) is 5.11 Å². The number of morpholine rings is 1. The molecule has 1 atom stereocenters. The summed E-state index contributed by atoms with van der Waals surface area (Å²) in [5, 5.41) is 13.5. The maximum atomic E-state index is 9.25. The Balaban J connectivity index is 2.22. The average Bonchev–Trinajstić information content (AvgIpc) is 2.73. The highest BCUT2D eigenvalue weighted by atomic mass is 32.1. The monoisotopic (exact) mass is 272 g/mol. The van der Waals surface area contributed by atoms with Gasteiger partial charge in [-0.25, -0.2) is 4.68 Å². The molecule has 0 saturated carbocycles. The van der Waals surface area contributed by atoms with E-state index >= 15 is 0 Å². The molecule has 1 aliphatic heterocycles. The van der Waals surface area contributed by atoms with Gasteiger partial charge in [-0.05, 0) is 0 Å². The Labute approximate surface area is 110 Å². The van der Waals surface area contributed by atoms with Crippen LogP contribution in [0.2, 0.25) is 0 Å². The van der Waals surface area contributed by atoms with Gasteiger partial charge in [0.2, 0.25) is 11.9 Å². The lowest BCUT2D eigenvalue weighted by molar-refractivity contribution is 0.122. The van der Waals surface area contributed by atoms with Crippen LogP contribution in [-0.4, -0.2) is 57.8 Å². The summed E-state index contributed by atoms with van der Waals surface area (Å²) in [7, 11) is 0. The molecule has 2 rings (SSSR count). The highest BCUT2D eigenvalue weighted by Crippen LogP contribution is 2.17. The highest BCUT2D eigenvalue weighted by molar-refractivity contribution is 7.80. The second kappa shape index (κ2) is 5.46. The molecule has 1 saturated heterocycles. The third-order valence-electron chi connectivity index (χ3n) is 2.74. The van der Waals surface area contributed by atoms with Crippen LogP contribution in [-0.2, 0) is 4.74 Å². The lowest BCUT2D eigenvalue weighted by atomic mass is 10.3. The summed E-state index contributed by atoms with van der Waals surface area (Å²) in [6.45, 7) is 2.42. The molecule has 0 aromatic carbocycles. The summed E-state index contributed by atoms with van der Waals surface area (Å²) in [5.74, 6) is 0.689. The predicted octanol–water partition coefficient (Wildman–Crippen LogP) is -1.48. The largest absolute Gasteiger partial charge is 0.394 e. The first kappa shape index (κ1) is 13.0. The first-order valence-electron chi connectivity index (χ1n) is 5.58. The Morgan fingerprint density at radius 2 is 2.17 bits per heavy atom. The molecular formula is C9H16N6O2S. The number of hydrogen-bond acceptors (Lipinski definition) is 7. The van der Waals surface area contributed by atoms with Gasteiger partial charge in [0.1, 0.15) is 11.0 Å². The minimum atomic E-state index is -0.623. The summed E-state index contributed by atoms with van der Waals surface area (Å²) in [6, 6.07) is -0.623. The van der Waals surface area contributed by atoms with E-state index < -0.39 is 6.04 Å². The topological polar surface area (TPSA) is 115 Å². The van der Waals surface area contributed by atoms with Crippen LogP contribution in [0.1, 0.15) is 6.04 Å². The molecule has 1 aliphatic rings. The van der Waals surface area contributed by atoms with Crippen LogP contribution < -0.4 is 16.4 Å². The van der Waals surface area contributed by atoms with Gasteiger partial charge in [0, 0.05) is 13.1 Å². The molecule has 0 spiro atoms. The average molecular weight is 272 g/mol. The van der Waals surface area contributed by atoms with E-state index in [0.717, 1.165) is 0 Å². The minimum absolute atomic E-state index is 0.127. The zero-order chi connectivity index (χ0) is 13.1. The smallest absolute Gasteiger partial charge is 0.246 e. The van der Waals surface area contributed by atoms with Crippen LogP contribution in [0.3, 0.4) is 0 Å². The highest BCUT2D eigenvalue weighted by Gasteiger charge is 2.22. The van der Waals surface area contributed by atoms with Crippen molar-refractivity contribution in [2.45, 2.75) is 6.04 Å². The molecule has 1 unspecified atom stereocenters. The molecule has 1 aromatic heterocycles. The Morgan fingerprint density at radius 1 is 1.50 bits per heavy atom. The second-order valence-electron chi connectivity index (χ2n) is 3.91. The number of aliphatic hydroxyl groups excluding tert-OH is 1. The molecule has 0 aliphatic carbocycles. The fraction of sp³-hybridized carbons (Fsp3) is 0.667. The number of hydrogen-bond donors (Lipinski definition) is 3. The molecule has 18 heavy (non-hydrogen) atoms. The molecule has 0 amide bonds. The fourth-order valence-corrected chi connectivity index (χ4v) is 1.91. The van der Waals surface area contributed by atoms with E-state index in [0.29, 0.717) is 32.3 Å². The predicted molar refractivity (Wildman–Crippen MR) is 70.4 cm³/mol. The zero-order valence-electron chi connectivity index (χ0n) is 9.82. The standard InChI is InChI=1S/C9H16N6O2S/c10-7(18)6(5-16)15-8(11)12-9(13-15)14-1-3-17-4-2-14/h6,16H,1-5H2,(H2,10,18)(H2,11,12,13). The van der Waals surface area contributed by atoms with Gasteiger partial charge >= 0.3 is 0 Å². The SMILES string of the molecule is NC(=S)C(CO)n1nc(N2CCOCC2)nc1N. The lowest BCUT2D eigenvalue weighted by Crippen LogP contribution is -2.37. The van der Waals surface area contributed by atoms with Crippen LogP contribution >= 0.6 is 12.2 Å². The van der Waals surface area contributed by atoms with Gasteiger partial charge in [-0.2, -0.15) is 4.98 Å². The van der Waals surface area contributed by atoms with Crippen LogP contribution in [0.25, 0.3) is 0 Å². The van der Waals surface area contributed by atoms with Crippen molar-refractivity contribution in [3.63, 3.8) is 0 Å². The van der Waals surface area contributed by atoms with Crippen molar-refractivity contribution in [1.29, 1.82) is 0 Å². The molecule has 5 N–H and O–H groups in total. The molecule has 0 bridgehead atoms. The maximum absolute atomic E-state index is 9.25. The summed E-state index contributed by atoms with van der Waals surface area (Å²) in [5.41, 5.74) is 11.3. The van der Waals surface area contributed by atoms with Crippen molar-refractivity contribution in [3.8, 4) is 0 Å². The summed E-state index contributed by atoms with van der Waals surface area (Å²) < 4.78 is 6.60. The van der Waals surface area contributed by atoms with Crippen molar-refractivity contribution >= 4 is 29.1 Å². The van der Waals surface area contributed by atoms with E-state index in [4.69, 9.17) is 28.4 Å². The van der Waals surface area contributed by atoms with Gasteiger partial charge in [0.15, 0.2) is 0 Å².